The summed E-state index contributed by atoms with van der Waals surface area (Å²) in [5, 5.41) is 10.3. The molecule has 2 heterocycles. The predicted molar refractivity (Wildman–Crippen MR) is 113 cm³/mol. The van der Waals surface area contributed by atoms with E-state index in [9.17, 15) is 14.7 Å². The van der Waals surface area contributed by atoms with Crippen LogP contribution in [0.25, 0.3) is 0 Å². The van der Waals surface area contributed by atoms with Gasteiger partial charge in [-0.25, -0.2) is 4.79 Å². The van der Waals surface area contributed by atoms with Crippen molar-refractivity contribution in [2.75, 3.05) is 32.9 Å². The summed E-state index contributed by atoms with van der Waals surface area (Å²) in [5.74, 6) is 0.344. The summed E-state index contributed by atoms with van der Waals surface area (Å²) in [6.07, 6.45) is 1.49. The molecule has 0 saturated carbocycles. The van der Waals surface area contributed by atoms with E-state index < -0.39 is 5.60 Å². The molecule has 4 rings (SSSR count). The number of aliphatic hydroxyl groups is 1. The molecule has 2 aliphatic rings. The SMILES string of the molecule is CCOC(=O)c1ccc(OC2CCN(C(=O)c3ccc(C4(O)COC4)cc3)CC2)cc1. The highest BCUT2D eigenvalue weighted by atomic mass is 16.5. The molecule has 0 bridgehead atoms. The molecular weight excluding hydrogens is 398 g/mol. The first-order valence-corrected chi connectivity index (χ1v) is 10.6. The van der Waals surface area contributed by atoms with Gasteiger partial charge in [-0.05, 0) is 48.9 Å². The Hall–Kier alpha value is -2.90. The zero-order valence-corrected chi connectivity index (χ0v) is 17.6. The van der Waals surface area contributed by atoms with E-state index in [0.29, 0.717) is 49.8 Å². The van der Waals surface area contributed by atoms with Crippen LogP contribution in [0.2, 0.25) is 0 Å². The molecule has 2 aliphatic heterocycles. The zero-order chi connectivity index (χ0) is 21.8. The van der Waals surface area contributed by atoms with Crippen LogP contribution in [-0.4, -0.2) is 60.9 Å². The van der Waals surface area contributed by atoms with Gasteiger partial charge in [0.1, 0.15) is 17.5 Å². The summed E-state index contributed by atoms with van der Waals surface area (Å²) in [6, 6.07) is 14.1. The second kappa shape index (κ2) is 9.08. The van der Waals surface area contributed by atoms with Crippen LogP contribution in [0.1, 0.15) is 46.0 Å². The second-order valence-corrected chi connectivity index (χ2v) is 7.96. The molecule has 7 nitrogen and oxygen atoms in total. The molecule has 2 saturated heterocycles. The molecule has 0 spiro atoms. The Labute approximate surface area is 181 Å². The van der Waals surface area contributed by atoms with E-state index in [-0.39, 0.29) is 18.0 Å². The van der Waals surface area contributed by atoms with E-state index in [1.165, 1.54) is 0 Å². The minimum atomic E-state index is -0.925. The van der Waals surface area contributed by atoms with E-state index >= 15 is 0 Å². The van der Waals surface area contributed by atoms with Crippen LogP contribution in [0, 0.1) is 0 Å². The van der Waals surface area contributed by atoms with Crippen molar-refractivity contribution >= 4 is 11.9 Å². The lowest BCUT2D eigenvalue weighted by molar-refractivity contribution is -0.184. The van der Waals surface area contributed by atoms with Crippen LogP contribution in [0.5, 0.6) is 5.75 Å². The normalized spacial score (nSPS) is 18.2. The number of benzene rings is 2. The number of carbonyl (C=O) groups excluding carboxylic acids is 2. The number of likely N-dealkylation sites (tertiary alicyclic amines) is 1. The van der Waals surface area contributed by atoms with Gasteiger partial charge < -0.3 is 24.2 Å². The van der Waals surface area contributed by atoms with Gasteiger partial charge in [0.05, 0.1) is 25.4 Å². The summed E-state index contributed by atoms with van der Waals surface area (Å²) in [5.41, 5.74) is 0.960. The van der Waals surface area contributed by atoms with E-state index in [0.717, 1.165) is 18.4 Å². The summed E-state index contributed by atoms with van der Waals surface area (Å²) >= 11 is 0. The third-order valence-electron chi connectivity index (χ3n) is 5.75. The summed E-state index contributed by atoms with van der Waals surface area (Å²) in [4.78, 5) is 26.4. The molecule has 1 N–H and O–H groups in total. The maximum Gasteiger partial charge on any atom is 0.338 e. The van der Waals surface area contributed by atoms with Crippen LogP contribution in [-0.2, 0) is 15.1 Å². The molecule has 0 unspecified atom stereocenters. The molecule has 164 valence electrons. The average Bonchev–Trinajstić information content (AvgIpc) is 2.78. The lowest BCUT2D eigenvalue weighted by Crippen LogP contribution is -2.46. The highest BCUT2D eigenvalue weighted by Crippen LogP contribution is 2.29. The van der Waals surface area contributed by atoms with E-state index in [1.807, 2.05) is 4.90 Å². The first-order chi connectivity index (χ1) is 15.0. The van der Waals surface area contributed by atoms with Crippen LogP contribution in [0.4, 0.5) is 0 Å². The van der Waals surface area contributed by atoms with Gasteiger partial charge in [-0.2, -0.15) is 0 Å². The Morgan fingerprint density at radius 3 is 2.19 bits per heavy atom. The average molecular weight is 425 g/mol. The molecule has 7 heteroatoms. The lowest BCUT2D eigenvalue weighted by atomic mass is 9.91. The van der Waals surface area contributed by atoms with Gasteiger partial charge in [0.25, 0.3) is 5.91 Å². The monoisotopic (exact) mass is 425 g/mol. The van der Waals surface area contributed by atoms with Crippen molar-refractivity contribution in [3.8, 4) is 5.75 Å². The third kappa shape index (κ3) is 4.73. The van der Waals surface area contributed by atoms with Crippen LogP contribution < -0.4 is 4.74 Å². The van der Waals surface area contributed by atoms with Crippen molar-refractivity contribution in [1.29, 1.82) is 0 Å². The Morgan fingerprint density at radius 1 is 1.03 bits per heavy atom. The molecule has 1 amide bonds. The number of piperidine rings is 1. The fourth-order valence-electron chi connectivity index (χ4n) is 3.82. The molecule has 0 aromatic heterocycles. The van der Waals surface area contributed by atoms with E-state index in [4.69, 9.17) is 14.2 Å². The molecule has 0 radical (unpaired) electrons. The number of esters is 1. The van der Waals surface area contributed by atoms with Crippen molar-refractivity contribution in [2.45, 2.75) is 31.5 Å². The predicted octanol–water partition coefficient (Wildman–Crippen LogP) is 2.76. The Balaban J connectivity index is 1.28. The fourth-order valence-corrected chi connectivity index (χ4v) is 3.82. The Morgan fingerprint density at radius 2 is 1.65 bits per heavy atom. The maximum absolute atomic E-state index is 12.8. The summed E-state index contributed by atoms with van der Waals surface area (Å²) in [6.45, 7) is 3.93. The van der Waals surface area contributed by atoms with Gasteiger partial charge in [-0.3, -0.25) is 4.79 Å². The first kappa shape index (κ1) is 21.3. The van der Waals surface area contributed by atoms with Gasteiger partial charge in [0.2, 0.25) is 0 Å². The van der Waals surface area contributed by atoms with Gasteiger partial charge in [-0.15, -0.1) is 0 Å². The van der Waals surface area contributed by atoms with Crippen molar-refractivity contribution in [1.82, 2.24) is 4.90 Å². The quantitative estimate of drug-likeness (QED) is 0.717. The van der Waals surface area contributed by atoms with Crippen LogP contribution >= 0.6 is 0 Å². The van der Waals surface area contributed by atoms with Crippen molar-refractivity contribution in [3.05, 3.63) is 65.2 Å². The molecule has 2 fully saturated rings. The Kier molecular flexibility index (Phi) is 6.25. The van der Waals surface area contributed by atoms with E-state index in [2.05, 4.69) is 0 Å². The highest BCUT2D eigenvalue weighted by Gasteiger charge is 2.38. The Bertz CT molecular complexity index is 912. The smallest absolute Gasteiger partial charge is 0.338 e. The van der Waals surface area contributed by atoms with Crippen molar-refractivity contribution in [2.24, 2.45) is 0 Å². The number of amides is 1. The molecule has 2 aromatic carbocycles. The fraction of sp³-hybridized carbons (Fsp3) is 0.417. The topological polar surface area (TPSA) is 85.3 Å². The number of ether oxygens (including phenoxy) is 3. The number of rotatable bonds is 6. The molecule has 0 atom stereocenters. The van der Waals surface area contributed by atoms with Gasteiger partial charge in [-0.1, -0.05) is 12.1 Å². The molecule has 31 heavy (non-hydrogen) atoms. The van der Waals surface area contributed by atoms with Crippen LogP contribution in [0.3, 0.4) is 0 Å². The highest BCUT2D eigenvalue weighted by molar-refractivity contribution is 5.94. The van der Waals surface area contributed by atoms with Gasteiger partial charge in [0.15, 0.2) is 0 Å². The van der Waals surface area contributed by atoms with Gasteiger partial charge in [0, 0.05) is 31.5 Å². The van der Waals surface area contributed by atoms with Crippen molar-refractivity contribution < 1.29 is 28.9 Å². The number of hydrogen-bond donors (Lipinski definition) is 1. The molecular formula is C24H27NO6. The summed E-state index contributed by atoms with van der Waals surface area (Å²) in [7, 11) is 0. The van der Waals surface area contributed by atoms with Crippen molar-refractivity contribution in [3.63, 3.8) is 0 Å². The minimum absolute atomic E-state index is 0.0133. The maximum atomic E-state index is 12.8. The minimum Gasteiger partial charge on any atom is -0.490 e. The largest absolute Gasteiger partial charge is 0.490 e. The standard InChI is InChI=1S/C24H27NO6/c1-2-30-23(27)18-5-9-20(10-6-18)31-21-11-13-25(14-12-21)22(26)17-3-7-19(8-4-17)24(28)15-29-16-24/h3-10,21,28H,2,11-16H2,1H3. The van der Waals surface area contributed by atoms with E-state index in [1.54, 1.807) is 55.5 Å². The lowest BCUT2D eigenvalue weighted by Gasteiger charge is -2.37. The second-order valence-electron chi connectivity index (χ2n) is 7.96. The van der Waals surface area contributed by atoms with Crippen LogP contribution in [0.15, 0.2) is 48.5 Å². The summed E-state index contributed by atoms with van der Waals surface area (Å²) < 4.78 is 16.1. The number of carbonyl (C=O) groups is 2. The number of hydrogen-bond acceptors (Lipinski definition) is 6. The first-order valence-electron chi connectivity index (χ1n) is 10.6. The number of nitrogens with zero attached hydrogens (tertiary/aromatic N) is 1. The zero-order valence-electron chi connectivity index (χ0n) is 17.6. The molecule has 2 aromatic rings. The molecule has 0 aliphatic carbocycles. The third-order valence-corrected chi connectivity index (χ3v) is 5.75. The van der Waals surface area contributed by atoms with Gasteiger partial charge >= 0.3 is 5.97 Å².